The van der Waals surface area contributed by atoms with Gasteiger partial charge in [-0.1, -0.05) is 18.2 Å². The summed E-state index contributed by atoms with van der Waals surface area (Å²) in [5, 5.41) is 3.37. The molecule has 0 spiro atoms. The van der Waals surface area contributed by atoms with Gasteiger partial charge in [-0.05, 0) is 30.5 Å². The van der Waals surface area contributed by atoms with Crippen molar-refractivity contribution < 1.29 is 8.42 Å². The highest BCUT2D eigenvalue weighted by molar-refractivity contribution is 7.90. The molecule has 23 heavy (non-hydrogen) atoms. The Kier molecular flexibility index (Phi) is 10.0. The minimum absolute atomic E-state index is 0. The molecule has 132 valence electrons. The normalized spacial score (nSPS) is 16.7. The van der Waals surface area contributed by atoms with Crippen molar-refractivity contribution in [2.75, 3.05) is 32.4 Å². The van der Waals surface area contributed by atoms with Crippen molar-refractivity contribution in [3.63, 3.8) is 0 Å². The maximum absolute atomic E-state index is 11.6. The van der Waals surface area contributed by atoms with Gasteiger partial charge in [0.15, 0.2) is 9.84 Å². The summed E-state index contributed by atoms with van der Waals surface area (Å²) in [6.07, 6.45) is 5.16. The lowest BCUT2D eigenvalue weighted by Gasteiger charge is -2.35. The van der Waals surface area contributed by atoms with E-state index in [4.69, 9.17) is 0 Å². The Morgan fingerprint density at radius 1 is 1.22 bits per heavy atom. The smallest absolute Gasteiger partial charge is 0.175 e. The molecule has 1 atom stereocenters. The number of sulfone groups is 1. The molecule has 0 amide bonds. The SMILES string of the molecule is C=CCC[C@@H](c1ccc(S(C)(=O)=O)cc1)N1CCNCC1.Cl.Cl. The van der Waals surface area contributed by atoms with Crippen LogP contribution in [0, 0.1) is 0 Å². The van der Waals surface area contributed by atoms with Crippen LogP contribution in [0.4, 0.5) is 0 Å². The van der Waals surface area contributed by atoms with Crippen molar-refractivity contribution in [3.05, 3.63) is 42.5 Å². The molecule has 4 nitrogen and oxygen atoms in total. The lowest BCUT2D eigenvalue weighted by Crippen LogP contribution is -2.45. The van der Waals surface area contributed by atoms with Crippen LogP contribution in [0.3, 0.4) is 0 Å². The first-order chi connectivity index (χ1) is 10.0. The second-order valence-corrected chi connectivity index (χ2v) is 7.52. The lowest BCUT2D eigenvalue weighted by atomic mass is 9.99. The van der Waals surface area contributed by atoms with E-state index in [9.17, 15) is 8.42 Å². The number of allylic oxidation sites excluding steroid dienone is 1. The maximum Gasteiger partial charge on any atom is 0.175 e. The summed E-state index contributed by atoms with van der Waals surface area (Å²) in [7, 11) is -3.13. The summed E-state index contributed by atoms with van der Waals surface area (Å²) in [4.78, 5) is 2.85. The number of hydrogen-bond acceptors (Lipinski definition) is 4. The third kappa shape index (κ3) is 6.43. The van der Waals surface area contributed by atoms with Crippen molar-refractivity contribution in [3.8, 4) is 0 Å². The number of hydrogen-bond donors (Lipinski definition) is 1. The van der Waals surface area contributed by atoms with Gasteiger partial charge < -0.3 is 5.32 Å². The molecule has 7 heteroatoms. The Bertz CT molecular complexity index is 570. The van der Waals surface area contributed by atoms with Crippen LogP contribution in [-0.2, 0) is 9.84 Å². The average molecular weight is 381 g/mol. The van der Waals surface area contributed by atoms with Crippen molar-refractivity contribution in [2.24, 2.45) is 0 Å². The van der Waals surface area contributed by atoms with Gasteiger partial charge in [0.05, 0.1) is 4.90 Å². The fourth-order valence-electron chi connectivity index (χ4n) is 2.77. The monoisotopic (exact) mass is 380 g/mol. The van der Waals surface area contributed by atoms with Crippen LogP contribution in [0.15, 0.2) is 41.8 Å². The zero-order valence-corrected chi connectivity index (χ0v) is 15.9. The molecule has 1 heterocycles. The molecule has 0 saturated carbocycles. The molecule has 1 N–H and O–H groups in total. The molecule has 1 fully saturated rings. The Labute approximate surface area is 152 Å². The van der Waals surface area contributed by atoms with E-state index in [-0.39, 0.29) is 24.8 Å². The van der Waals surface area contributed by atoms with Crippen LogP contribution in [0.2, 0.25) is 0 Å². The van der Waals surface area contributed by atoms with E-state index in [0.29, 0.717) is 10.9 Å². The van der Waals surface area contributed by atoms with Gasteiger partial charge in [-0.25, -0.2) is 8.42 Å². The van der Waals surface area contributed by atoms with Gasteiger partial charge in [-0.15, -0.1) is 31.4 Å². The molecular formula is C16H26Cl2N2O2S. The highest BCUT2D eigenvalue weighted by atomic mass is 35.5. The molecule has 0 radical (unpaired) electrons. The van der Waals surface area contributed by atoms with Crippen LogP contribution in [0.1, 0.15) is 24.4 Å². The van der Waals surface area contributed by atoms with Crippen LogP contribution in [0.5, 0.6) is 0 Å². The van der Waals surface area contributed by atoms with Crippen LogP contribution in [-0.4, -0.2) is 45.8 Å². The molecule has 1 aromatic rings. The number of halogens is 2. The van der Waals surface area contributed by atoms with E-state index in [1.165, 1.54) is 11.8 Å². The van der Waals surface area contributed by atoms with Crippen molar-refractivity contribution >= 4 is 34.7 Å². The van der Waals surface area contributed by atoms with Crippen molar-refractivity contribution in [1.29, 1.82) is 0 Å². The molecule has 0 bridgehead atoms. The highest BCUT2D eigenvalue weighted by Crippen LogP contribution is 2.27. The van der Waals surface area contributed by atoms with Gasteiger partial charge >= 0.3 is 0 Å². The van der Waals surface area contributed by atoms with Crippen LogP contribution < -0.4 is 5.32 Å². The summed E-state index contributed by atoms with van der Waals surface area (Å²) in [5.74, 6) is 0. The summed E-state index contributed by atoms with van der Waals surface area (Å²) < 4.78 is 23.1. The van der Waals surface area contributed by atoms with Crippen LogP contribution in [0.25, 0.3) is 0 Å². The fourth-order valence-corrected chi connectivity index (χ4v) is 3.40. The minimum atomic E-state index is -3.13. The summed E-state index contributed by atoms with van der Waals surface area (Å²) in [5.41, 5.74) is 1.19. The molecule has 2 rings (SSSR count). The standard InChI is InChI=1S/C16H24N2O2S.2ClH/c1-3-4-5-16(18-12-10-17-11-13-18)14-6-8-15(9-7-14)21(2,19)20;;/h3,6-9,16-17H,1,4-5,10-13H2,2H3;2*1H/t16-;;/m0../s1. The Morgan fingerprint density at radius 3 is 2.26 bits per heavy atom. The zero-order chi connectivity index (χ0) is 15.3. The highest BCUT2D eigenvalue weighted by Gasteiger charge is 2.21. The van der Waals surface area contributed by atoms with Crippen LogP contribution >= 0.6 is 24.8 Å². The van der Waals surface area contributed by atoms with Gasteiger partial charge in [0.25, 0.3) is 0 Å². The Balaban J connectivity index is 0.00000242. The maximum atomic E-state index is 11.6. The summed E-state index contributed by atoms with van der Waals surface area (Å²) in [6.45, 7) is 7.87. The number of piperazine rings is 1. The van der Waals surface area contributed by atoms with Gasteiger partial charge in [0.1, 0.15) is 0 Å². The average Bonchev–Trinajstić information content (AvgIpc) is 2.48. The van der Waals surface area contributed by atoms with Crippen molar-refractivity contribution in [1.82, 2.24) is 10.2 Å². The largest absolute Gasteiger partial charge is 0.314 e. The van der Waals surface area contributed by atoms with Gasteiger partial charge in [-0.2, -0.15) is 0 Å². The fraction of sp³-hybridized carbons (Fsp3) is 0.500. The first-order valence-electron chi connectivity index (χ1n) is 7.38. The quantitative estimate of drug-likeness (QED) is 0.770. The number of rotatable bonds is 6. The van der Waals surface area contributed by atoms with Gasteiger partial charge in [-0.3, -0.25) is 4.90 Å². The number of nitrogens with zero attached hydrogens (tertiary/aromatic N) is 1. The third-order valence-electron chi connectivity index (χ3n) is 3.93. The van der Waals surface area contributed by atoms with E-state index < -0.39 is 9.84 Å². The molecule has 1 aliphatic rings. The molecule has 0 unspecified atom stereocenters. The third-order valence-corrected chi connectivity index (χ3v) is 5.06. The molecule has 1 aliphatic heterocycles. The van der Waals surface area contributed by atoms with E-state index in [0.717, 1.165) is 39.0 Å². The molecule has 0 aromatic heterocycles. The minimum Gasteiger partial charge on any atom is -0.314 e. The summed E-state index contributed by atoms with van der Waals surface area (Å²) >= 11 is 0. The topological polar surface area (TPSA) is 49.4 Å². The second kappa shape index (κ2) is 10.3. The second-order valence-electron chi connectivity index (χ2n) is 5.51. The first kappa shape index (κ1) is 22.4. The van der Waals surface area contributed by atoms with Crippen molar-refractivity contribution in [2.45, 2.75) is 23.8 Å². The van der Waals surface area contributed by atoms with E-state index in [1.807, 2.05) is 18.2 Å². The van der Waals surface area contributed by atoms with Gasteiger partial charge in [0.2, 0.25) is 0 Å². The molecule has 1 aromatic carbocycles. The van der Waals surface area contributed by atoms with E-state index in [1.54, 1.807) is 12.1 Å². The first-order valence-corrected chi connectivity index (χ1v) is 9.27. The molecule has 1 saturated heterocycles. The Hall–Kier alpha value is -0.590. The zero-order valence-electron chi connectivity index (χ0n) is 13.4. The summed E-state index contributed by atoms with van der Waals surface area (Å²) in [6, 6.07) is 7.67. The predicted octanol–water partition coefficient (Wildman–Crippen LogP) is 2.85. The molecule has 0 aliphatic carbocycles. The molecular weight excluding hydrogens is 355 g/mol. The van der Waals surface area contributed by atoms with E-state index in [2.05, 4.69) is 16.8 Å². The lowest BCUT2D eigenvalue weighted by molar-refractivity contribution is 0.166. The number of benzene rings is 1. The Morgan fingerprint density at radius 2 is 1.78 bits per heavy atom. The predicted molar refractivity (Wildman–Crippen MR) is 101 cm³/mol. The van der Waals surface area contributed by atoms with E-state index >= 15 is 0 Å². The van der Waals surface area contributed by atoms with Gasteiger partial charge in [0, 0.05) is 38.5 Å². The number of nitrogens with one attached hydrogen (secondary N) is 1.